The predicted molar refractivity (Wildman–Crippen MR) is 110 cm³/mol. The van der Waals surface area contributed by atoms with Crippen LogP contribution in [-0.4, -0.2) is 5.11 Å². The molecule has 2 aromatic carbocycles. The maximum Gasteiger partial charge on any atom is 0.126 e. The lowest BCUT2D eigenvalue weighted by Crippen LogP contribution is -2.04. The van der Waals surface area contributed by atoms with Gasteiger partial charge in [0, 0.05) is 5.56 Å². The van der Waals surface area contributed by atoms with Crippen LogP contribution in [0.25, 0.3) is 11.1 Å². The van der Waals surface area contributed by atoms with Crippen LogP contribution in [0, 0.1) is 27.7 Å². The Morgan fingerprint density at radius 3 is 1.80 bits per heavy atom. The van der Waals surface area contributed by atoms with Gasteiger partial charge in [0.05, 0.1) is 0 Å². The summed E-state index contributed by atoms with van der Waals surface area (Å²) in [5.41, 5.74) is 9.68. The molecule has 0 aromatic heterocycles. The lowest BCUT2D eigenvalue weighted by atomic mass is 9.81. The van der Waals surface area contributed by atoms with Gasteiger partial charge in [0.1, 0.15) is 5.75 Å². The van der Waals surface area contributed by atoms with E-state index < -0.39 is 0 Å². The first-order chi connectivity index (χ1) is 11.7. The van der Waals surface area contributed by atoms with Gasteiger partial charge in [0.2, 0.25) is 0 Å². The molecule has 2 rings (SSSR count). The maximum absolute atomic E-state index is 11.1. The molecule has 0 aliphatic carbocycles. The Morgan fingerprint density at radius 1 is 0.760 bits per heavy atom. The Labute approximate surface area is 154 Å². The van der Waals surface area contributed by atoms with E-state index in [-0.39, 0.29) is 0 Å². The van der Waals surface area contributed by atoms with Crippen molar-refractivity contribution in [3.63, 3.8) is 0 Å². The molecule has 0 radical (unpaired) electrons. The second kappa shape index (κ2) is 7.64. The van der Waals surface area contributed by atoms with Crippen molar-refractivity contribution in [1.82, 2.24) is 0 Å². The average Bonchev–Trinajstić information content (AvgIpc) is 2.60. The van der Waals surface area contributed by atoms with Crippen LogP contribution in [0.15, 0.2) is 18.2 Å². The molecule has 1 nitrogen and oxygen atoms in total. The monoisotopic (exact) mass is 338 g/mol. The highest BCUT2D eigenvalue weighted by atomic mass is 16.3. The van der Waals surface area contributed by atoms with Crippen molar-refractivity contribution in [3.05, 3.63) is 51.6 Å². The van der Waals surface area contributed by atoms with E-state index in [1.54, 1.807) is 0 Å². The molecular formula is C24H34O. The van der Waals surface area contributed by atoms with Crippen LogP contribution in [0.2, 0.25) is 0 Å². The average molecular weight is 339 g/mol. The Hall–Kier alpha value is -1.76. The van der Waals surface area contributed by atoms with Gasteiger partial charge in [0.25, 0.3) is 0 Å². The lowest BCUT2D eigenvalue weighted by molar-refractivity contribution is 0.471. The summed E-state index contributed by atoms with van der Waals surface area (Å²) in [7, 11) is 0. The zero-order valence-electron chi connectivity index (χ0n) is 17.2. The van der Waals surface area contributed by atoms with E-state index >= 15 is 0 Å². The van der Waals surface area contributed by atoms with Crippen LogP contribution in [0.5, 0.6) is 5.75 Å². The molecule has 0 spiro atoms. The number of phenols is 1. The van der Waals surface area contributed by atoms with E-state index in [0.29, 0.717) is 17.6 Å². The molecule has 1 heteroatoms. The first-order valence-corrected chi connectivity index (χ1v) is 9.67. The largest absolute Gasteiger partial charge is 0.507 e. The van der Waals surface area contributed by atoms with E-state index in [1.807, 2.05) is 6.92 Å². The smallest absolute Gasteiger partial charge is 0.126 e. The molecule has 0 fully saturated rings. The van der Waals surface area contributed by atoms with Crippen LogP contribution in [0.3, 0.4) is 0 Å². The zero-order valence-corrected chi connectivity index (χ0v) is 17.2. The maximum atomic E-state index is 11.1. The molecule has 2 unspecified atom stereocenters. The topological polar surface area (TPSA) is 20.2 Å². The van der Waals surface area contributed by atoms with Crippen molar-refractivity contribution in [3.8, 4) is 16.9 Å². The molecule has 136 valence electrons. The van der Waals surface area contributed by atoms with Crippen molar-refractivity contribution in [2.75, 3.05) is 0 Å². The fraction of sp³-hybridized carbons (Fsp3) is 0.500. The van der Waals surface area contributed by atoms with Gasteiger partial charge in [-0.1, -0.05) is 45.9 Å². The second-order valence-corrected chi connectivity index (χ2v) is 7.77. The Kier molecular flexibility index (Phi) is 5.98. The fourth-order valence-corrected chi connectivity index (χ4v) is 3.50. The van der Waals surface area contributed by atoms with Crippen LogP contribution in [-0.2, 0) is 0 Å². The summed E-state index contributed by atoms with van der Waals surface area (Å²) in [6.07, 6.45) is 2.16. The molecule has 0 heterocycles. The van der Waals surface area contributed by atoms with Gasteiger partial charge in [-0.3, -0.25) is 0 Å². The van der Waals surface area contributed by atoms with E-state index in [9.17, 15) is 5.11 Å². The van der Waals surface area contributed by atoms with E-state index in [1.165, 1.54) is 33.4 Å². The minimum Gasteiger partial charge on any atom is -0.507 e. The molecule has 0 saturated heterocycles. The summed E-state index contributed by atoms with van der Waals surface area (Å²) in [4.78, 5) is 0. The molecule has 0 aliphatic heterocycles. The summed E-state index contributed by atoms with van der Waals surface area (Å²) < 4.78 is 0. The van der Waals surface area contributed by atoms with Crippen LogP contribution in [0.4, 0.5) is 0 Å². The van der Waals surface area contributed by atoms with Crippen molar-refractivity contribution in [1.29, 1.82) is 0 Å². The molecule has 25 heavy (non-hydrogen) atoms. The molecule has 1 N–H and O–H groups in total. The van der Waals surface area contributed by atoms with Gasteiger partial charge in [-0.05, 0) is 91.3 Å². The molecule has 2 atom stereocenters. The second-order valence-electron chi connectivity index (χ2n) is 7.77. The number of benzene rings is 2. The summed E-state index contributed by atoms with van der Waals surface area (Å²) in [5.74, 6) is 1.36. The third-order valence-electron chi connectivity index (χ3n) is 6.07. The van der Waals surface area contributed by atoms with Crippen LogP contribution < -0.4 is 0 Å². The minimum atomic E-state index is 0.423. The van der Waals surface area contributed by atoms with Gasteiger partial charge < -0.3 is 5.11 Å². The Morgan fingerprint density at radius 2 is 1.24 bits per heavy atom. The molecule has 0 amide bonds. The van der Waals surface area contributed by atoms with Gasteiger partial charge >= 0.3 is 0 Å². The minimum absolute atomic E-state index is 0.423. The highest BCUT2D eigenvalue weighted by Gasteiger charge is 2.22. The van der Waals surface area contributed by atoms with Gasteiger partial charge in [-0.2, -0.15) is 0 Å². The number of hydrogen-bond donors (Lipinski definition) is 1. The number of phenolic OH excluding ortho intramolecular Hbond substituents is 1. The molecular weight excluding hydrogens is 304 g/mol. The van der Waals surface area contributed by atoms with Crippen LogP contribution >= 0.6 is 0 Å². The van der Waals surface area contributed by atoms with Crippen molar-refractivity contribution in [2.24, 2.45) is 0 Å². The molecule has 2 aromatic rings. The quantitative estimate of drug-likeness (QED) is 0.605. The molecule has 0 aliphatic rings. The summed E-state index contributed by atoms with van der Waals surface area (Å²) >= 11 is 0. The van der Waals surface area contributed by atoms with Gasteiger partial charge in [-0.15, -0.1) is 0 Å². The Balaban J connectivity index is 2.90. The van der Waals surface area contributed by atoms with Crippen molar-refractivity contribution >= 4 is 0 Å². The highest BCUT2D eigenvalue weighted by molar-refractivity contribution is 5.80. The number of rotatable bonds is 5. The van der Waals surface area contributed by atoms with Crippen LogP contribution in [0.1, 0.15) is 85.8 Å². The standard InChI is InChI=1S/C24H34O/c1-9-14(3)20-11-16(5)17(6)12-22(20)23-21(15(4)10-2)13-18(7)19(8)24(23)25/h11-15,25H,9-10H2,1-8H3. The fourth-order valence-electron chi connectivity index (χ4n) is 3.50. The van der Waals surface area contributed by atoms with E-state index in [4.69, 9.17) is 0 Å². The zero-order chi connectivity index (χ0) is 18.9. The number of aryl methyl sites for hydroxylation is 3. The number of aromatic hydroxyl groups is 1. The predicted octanol–water partition coefficient (Wildman–Crippen LogP) is 7.32. The highest BCUT2D eigenvalue weighted by Crippen LogP contribution is 2.44. The lowest BCUT2D eigenvalue weighted by Gasteiger charge is -2.24. The van der Waals surface area contributed by atoms with Gasteiger partial charge in [0.15, 0.2) is 0 Å². The third-order valence-corrected chi connectivity index (χ3v) is 6.07. The number of hydrogen-bond acceptors (Lipinski definition) is 1. The van der Waals surface area contributed by atoms with E-state index in [0.717, 1.165) is 24.0 Å². The van der Waals surface area contributed by atoms with E-state index in [2.05, 4.69) is 66.7 Å². The summed E-state index contributed by atoms with van der Waals surface area (Å²) in [6.45, 7) is 17.5. The third kappa shape index (κ3) is 3.61. The first-order valence-electron chi connectivity index (χ1n) is 9.67. The summed E-state index contributed by atoms with van der Waals surface area (Å²) in [6, 6.07) is 6.90. The summed E-state index contributed by atoms with van der Waals surface area (Å²) in [5, 5.41) is 11.1. The first kappa shape index (κ1) is 19.6. The van der Waals surface area contributed by atoms with Crippen molar-refractivity contribution in [2.45, 2.75) is 80.1 Å². The Bertz CT molecular complexity index is 770. The normalized spacial score (nSPS) is 13.8. The SMILES string of the molecule is CCC(C)c1cc(C)c(C)cc1-c1c(C(C)CC)cc(C)c(C)c1O. The van der Waals surface area contributed by atoms with Gasteiger partial charge in [-0.25, -0.2) is 0 Å². The molecule has 0 saturated carbocycles. The van der Waals surface area contributed by atoms with Crippen molar-refractivity contribution < 1.29 is 5.11 Å². The molecule has 0 bridgehead atoms.